The molecule has 0 aliphatic rings. The summed E-state index contributed by atoms with van der Waals surface area (Å²) in [5, 5.41) is 0.486. The Bertz CT molecular complexity index is 545. The van der Waals surface area contributed by atoms with Gasteiger partial charge in [-0.3, -0.25) is 4.98 Å². The summed E-state index contributed by atoms with van der Waals surface area (Å²) >= 11 is 5.85. The molecule has 100 valence electrons. The molecule has 1 heterocycles. The molecule has 0 saturated heterocycles. The molecule has 3 nitrogen and oxygen atoms in total. The predicted molar refractivity (Wildman–Crippen MR) is 72.7 cm³/mol. The summed E-state index contributed by atoms with van der Waals surface area (Å²) in [6, 6.07) is 7.47. The average Bonchev–Trinajstić information content (AvgIpc) is 2.37. The van der Waals surface area contributed by atoms with Gasteiger partial charge in [0.05, 0.1) is 11.2 Å². The monoisotopic (exact) mass is 280 g/mol. The Morgan fingerprint density at radius 3 is 2.53 bits per heavy atom. The number of rotatable bonds is 4. The summed E-state index contributed by atoms with van der Waals surface area (Å²) in [6.07, 6.45) is 2.69. The van der Waals surface area contributed by atoms with Gasteiger partial charge in [-0.15, -0.1) is 0 Å². The fraction of sp³-hybridized carbons (Fsp3) is 0.214. The molecule has 0 saturated carbocycles. The van der Waals surface area contributed by atoms with Crippen molar-refractivity contribution in [2.24, 2.45) is 5.73 Å². The van der Waals surface area contributed by atoms with E-state index in [9.17, 15) is 4.39 Å². The summed E-state index contributed by atoms with van der Waals surface area (Å²) in [5.74, 6) is 0.232. The molecule has 2 unspecified atom stereocenters. The molecular weight excluding hydrogens is 267 g/mol. The Labute approximate surface area is 116 Å². The smallest absolute Gasteiger partial charge is 0.140 e. The molecule has 0 aliphatic carbocycles. The molecule has 0 spiro atoms. The maximum absolute atomic E-state index is 12.9. The average molecular weight is 281 g/mol. The molecule has 1 aromatic carbocycles. The van der Waals surface area contributed by atoms with Crippen molar-refractivity contribution in [3.8, 4) is 5.75 Å². The molecule has 5 heteroatoms. The second-order valence-corrected chi connectivity index (χ2v) is 4.72. The van der Waals surface area contributed by atoms with E-state index in [1.807, 2.05) is 6.92 Å². The first-order valence-corrected chi connectivity index (χ1v) is 6.22. The van der Waals surface area contributed by atoms with Gasteiger partial charge in [0.2, 0.25) is 0 Å². The first kappa shape index (κ1) is 13.8. The van der Waals surface area contributed by atoms with E-state index in [1.54, 1.807) is 24.4 Å². The lowest BCUT2D eigenvalue weighted by Crippen LogP contribution is -2.29. The number of hydrogen-bond donors (Lipinski definition) is 1. The lowest BCUT2D eigenvalue weighted by molar-refractivity contribution is 0.179. The number of ether oxygens (including phenoxy) is 1. The Morgan fingerprint density at radius 2 is 1.95 bits per heavy atom. The van der Waals surface area contributed by atoms with Gasteiger partial charge in [0, 0.05) is 18.3 Å². The highest BCUT2D eigenvalue weighted by atomic mass is 35.5. The van der Waals surface area contributed by atoms with E-state index >= 15 is 0 Å². The molecule has 0 bridgehead atoms. The fourth-order valence-corrected chi connectivity index (χ4v) is 1.90. The minimum atomic E-state index is -0.388. The van der Waals surface area contributed by atoms with Gasteiger partial charge in [0.1, 0.15) is 17.7 Å². The van der Waals surface area contributed by atoms with Crippen molar-refractivity contribution in [1.29, 1.82) is 0 Å². The van der Waals surface area contributed by atoms with Crippen LogP contribution in [0.2, 0.25) is 5.02 Å². The van der Waals surface area contributed by atoms with Crippen molar-refractivity contribution >= 4 is 11.6 Å². The summed E-state index contributed by atoms with van der Waals surface area (Å²) < 4.78 is 18.7. The summed E-state index contributed by atoms with van der Waals surface area (Å²) in [5.41, 5.74) is 6.72. The van der Waals surface area contributed by atoms with Gasteiger partial charge in [-0.05, 0) is 24.6 Å². The highest BCUT2D eigenvalue weighted by molar-refractivity contribution is 6.30. The molecule has 0 radical (unpaired) electrons. The zero-order valence-electron chi connectivity index (χ0n) is 10.4. The number of nitrogens with zero attached hydrogens (tertiary/aromatic N) is 1. The van der Waals surface area contributed by atoms with Crippen LogP contribution >= 0.6 is 11.6 Å². The standard InChI is InChI=1S/C14H14ClFN2O/c1-9(17)14(10-2-4-12(16)5-3-10)19-13-6-11(15)7-18-8-13/h2-9,14H,17H2,1H3. The molecule has 2 N–H and O–H groups in total. The molecule has 1 aromatic heterocycles. The van der Waals surface area contributed by atoms with Crippen LogP contribution in [0.4, 0.5) is 4.39 Å². The maximum Gasteiger partial charge on any atom is 0.140 e. The zero-order chi connectivity index (χ0) is 13.8. The van der Waals surface area contributed by atoms with Crippen LogP contribution in [0.5, 0.6) is 5.75 Å². The van der Waals surface area contributed by atoms with Crippen molar-refractivity contribution in [1.82, 2.24) is 4.98 Å². The lowest BCUT2D eigenvalue weighted by atomic mass is 10.0. The van der Waals surface area contributed by atoms with E-state index in [1.165, 1.54) is 18.3 Å². The fourth-order valence-electron chi connectivity index (χ4n) is 1.73. The minimum absolute atomic E-state index is 0.260. The second kappa shape index (κ2) is 5.99. The van der Waals surface area contributed by atoms with Crippen LogP contribution in [0.25, 0.3) is 0 Å². The van der Waals surface area contributed by atoms with Gasteiger partial charge < -0.3 is 10.5 Å². The topological polar surface area (TPSA) is 48.1 Å². The van der Waals surface area contributed by atoms with Crippen molar-refractivity contribution in [2.45, 2.75) is 19.1 Å². The molecular formula is C14H14ClFN2O. The predicted octanol–water partition coefficient (Wildman–Crippen LogP) is 3.34. The van der Waals surface area contributed by atoms with Crippen LogP contribution in [0.3, 0.4) is 0 Å². The van der Waals surface area contributed by atoms with E-state index in [0.717, 1.165) is 5.56 Å². The highest BCUT2D eigenvalue weighted by Gasteiger charge is 2.18. The number of nitrogens with two attached hydrogens (primary N) is 1. The molecule has 0 amide bonds. The van der Waals surface area contributed by atoms with E-state index in [2.05, 4.69) is 4.98 Å². The van der Waals surface area contributed by atoms with Crippen molar-refractivity contribution < 1.29 is 9.13 Å². The third kappa shape index (κ3) is 3.66. The van der Waals surface area contributed by atoms with Crippen LogP contribution in [-0.2, 0) is 0 Å². The first-order valence-electron chi connectivity index (χ1n) is 5.84. The van der Waals surface area contributed by atoms with Gasteiger partial charge >= 0.3 is 0 Å². The van der Waals surface area contributed by atoms with Gasteiger partial charge in [0.15, 0.2) is 0 Å². The normalized spacial score (nSPS) is 13.9. The Kier molecular flexibility index (Phi) is 4.35. The number of hydrogen-bond acceptors (Lipinski definition) is 3. The molecule has 19 heavy (non-hydrogen) atoms. The highest BCUT2D eigenvalue weighted by Crippen LogP contribution is 2.25. The van der Waals surface area contributed by atoms with Gasteiger partial charge in [0.25, 0.3) is 0 Å². The zero-order valence-corrected chi connectivity index (χ0v) is 11.1. The minimum Gasteiger partial charge on any atom is -0.482 e. The molecule has 2 rings (SSSR count). The second-order valence-electron chi connectivity index (χ2n) is 4.29. The van der Waals surface area contributed by atoms with E-state index in [4.69, 9.17) is 22.1 Å². The quantitative estimate of drug-likeness (QED) is 0.934. The number of halogens is 2. The van der Waals surface area contributed by atoms with E-state index in [-0.39, 0.29) is 18.0 Å². The van der Waals surface area contributed by atoms with Crippen molar-refractivity contribution in [2.75, 3.05) is 0 Å². The molecule has 0 aliphatic heterocycles. The maximum atomic E-state index is 12.9. The lowest BCUT2D eigenvalue weighted by Gasteiger charge is -2.22. The van der Waals surface area contributed by atoms with Crippen LogP contribution in [-0.4, -0.2) is 11.0 Å². The Hall–Kier alpha value is -1.65. The van der Waals surface area contributed by atoms with Gasteiger partial charge in [-0.25, -0.2) is 4.39 Å². The summed E-state index contributed by atoms with van der Waals surface area (Å²) in [7, 11) is 0. The van der Waals surface area contributed by atoms with Crippen molar-refractivity contribution in [3.63, 3.8) is 0 Å². The molecule has 2 atom stereocenters. The third-order valence-electron chi connectivity index (χ3n) is 2.62. The van der Waals surface area contributed by atoms with Gasteiger partial charge in [-0.2, -0.15) is 0 Å². The van der Waals surface area contributed by atoms with E-state index < -0.39 is 0 Å². The van der Waals surface area contributed by atoms with Crippen LogP contribution in [0.15, 0.2) is 42.7 Å². The number of benzene rings is 1. The third-order valence-corrected chi connectivity index (χ3v) is 2.83. The summed E-state index contributed by atoms with van der Waals surface area (Å²) in [4.78, 5) is 3.95. The largest absolute Gasteiger partial charge is 0.482 e. The van der Waals surface area contributed by atoms with Crippen molar-refractivity contribution in [3.05, 3.63) is 59.1 Å². The summed E-state index contributed by atoms with van der Waals surface area (Å²) in [6.45, 7) is 1.83. The Morgan fingerprint density at radius 1 is 1.26 bits per heavy atom. The van der Waals surface area contributed by atoms with Crippen LogP contribution in [0.1, 0.15) is 18.6 Å². The molecule has 2 aromatic rings. The van der Waals surface area contributed by atoms with E-state index in [0.29, 0.717) is 10.8 Å². The van der Waals surface area contributed by atoms with Gasteiger partial charge in [-0.1, -0.05) is 23.7 Å². The first-order chi connectivity index (χ1) is 9.06. The SMILES string of the molecule is CC(N)C(Oc1cncc(Cl)c1)c1ccc(F)cc1. The van der Waals surface area contributed by atoms with Crippen LogP contribution in [0, 0.1) is 5.82 Å². The van der Waals surface area contributed by atoms with Crippen LogP contribution < -0.4 is 10.5 Å². The Balaban J connectivity index is 2.23. The number of pyridine rings is 1. The number of aromatic nitrogens is 1. The molecule has 0 fully saturated rings.